The highest BCUT2D eigenvalue weighted by atomic mass is 35.5. The smallest absolute Gasteiger partial charge is 0.134 e. The molecule has 19 heavy (non-hydrogen) atoms. The Hall–Kier alpha value is -1.74. The Balaban J connectivity index is 1.86. The van der Waals surface area contributed by atoms with E-state index in [-0.39, 0.29) is 17.6 Å². The summed E-state index contributed by atoms with van der Waals surface area (Å²) in [4.78, 5) is 0. The zero-order valence-corrected chi connectivity index (χ0v) is 10.9. The average Bonchev–Trinajstić information content (AvgIpc) is 2.79. The highest BCUT2D eigenvalue weighted by Gasteiger charge is 2.24. The standard InChI is InChI=1S/C15H13ClFNO/c16-12-8-9(4-7-15(12)19)18-14-6-5-10-11(14)2-1-3-13(10)17/h1-4,7-8,14,18-19H,5-6H2. The van der Waals surface area contributed by atoms with Crippen LogP contribution >= 0.6 is 11.6 Å². The van der Waals surface area contributed by atoms with Gasteiger partial charge in [0.25, 0.3) is 0 Å². The summed E-state index contributed by atoms with van der Waals surface area (Å²) in [5.41, 5.74) is 2.62. The third-order valence-electron chi connectivity index (χ3n) is 3.50. The second-order valence-corrected chi connectivity index (χ2v) is 5.12. The fourth-order valence-corrected chi connectivity index (χ4v) is 2.74. The van der Waals surface area contributed by atoms with Crippen molar-refractivity contribution >= 4 is 17.3 Å². The van der Waals surface area contributed by atoms with Crippen LogP contribution in [0.1, 0.15) is 23.6 Å². The summed E-state index contributed by atoms with van der Waals surface area (Å²) in [6, 6.07) is 10.3. The minimum atomic E-state index is -0.134. The van der Waals surface area contributed by atoms with Gasteiger partial charge in [0.05, 0.1) is 11.1 Å². The lowest BCUT2D eigenvalue weighted by Crippen LogP contribution is -2.07. The Bertz CT molecular complexity index is 630. The number of hydrogen-bond donors (Lipinski definition) is 2. The van der Waals surface area contributed by atoms with E-state index in [2.05, 4.69) is 5.32 Å². The Kier molecular flexibility index (Phi) is 3.07. The molecule has 1 aliphatic carbocycles. The van der Waals surface area contributed by atoms with Crippen LogP contribution in [0.2, 0.25) is 5.02 Å². The fourth-order valence-electron chi connectivity index (χ4n) is 2.56. The Morgan fingerprint density at radius 3 is 2.89 bits per heavy atom. The molecule has 0 aromatic heterocycles. The van der Waals surface area contributed by atoms with Crippen LogP contribution in [0, 0.1) is 5.82 Å². The summed E-state index contributed by atoms with van der Waals surface area (Å²) >= 11 is 5.87. The second-order valence-electron chi connectivity index (χ2n) is 4.71. The molecule has 1 unspecified atom stereocenters. The molecule has 0 amide bonds. The van der Waals surface area contributed by atoms with E-state index >= 15 is 0 Å². The van der Waals surface area contributed by atoms with Crippen molar-refractivity contribution in [2.45, 2.75) is 18.9 Å². The number of rotatable bonds is 2. The number of phenolic OH excluding ortho intramolecular Hbond substituents is 1. The van der Waals surface area contributed by atoms with Gasteiger partial charge < -0.3 is 10.4 Å². The molecule has 0 aliphatic heterocycles. The van der Waals surface area contributed by atoms with Crippen LogP contribution in [0.3, 0.4) is 0 Å². The molecule has 3 rings (SSSR count). The Morgan fingerprint density at radius 2 is 2.11 bits per heavy atom. The SMILES string of the molecule is Oc1ccc(NC2CCc3c(F)cccc32)cc1Cl. The lowest BCUT2D eigenvalue weighted by molar-refractivity contribution is 0.475. The number of benzene rings is 2. The highest BCUT2D eigenvalue weighted by Crippen LogP contribution is 2.36. The van der Waals surface area contributed by atoms with Gasteiger partial charge in [-0.2, -0.15) is 0 Å². The van der Waals surface area contributed by atoms with Crippen LogP contribution in [0.4, 0.5) is 10.1 Å². The van der Waals surface area contributed by atoms with E-state index in [0.717, 1.165) is 29.7 Å². The van der Waals surface area contributed by atoms with E-state index in [9.17, 15) is 9.50 Å². The molecule has 4 heteroatoms. The molecule has 0 bridgehead atoms. The van der Waals surface area contributed by atoms with E-state index in [1.807, 2.05) is 6.07 Å². The summed E-state index contributed by atoms with van der Waals surface area (Å²) in [6.45, 7) is 0. The highest BCUT2D eigenvalue weighted by molar-refractivity contribution is 6.32. The summed E-state index contributed by atoms with van der Waals surface area (Å²) in [5.74, 6) is -0.0735. The van der Waals surface area contributed by atoms with Crippen molar-refractivity contribution in [2.24, 2.45) is 0 Å². The zero-order valence-electron chi connectivity index (χ0n) is 10.2. The van der Waals surface area contributed by atoms with E-state index in [0.29, 0.717) is 5.02 Å². The predicted molar refractivity (Wildman–Crippen MR) is 74.2 cm³/mol. The monoisotopic (exact) mass is 277 g/mol. The average molecular weight is 278 g/mol. The molecule has 98 valence electrons. The molecule has 2 N–H and O–H groups in total. The molecule has 2 aromatic rings. The van der Waals surface area contributed by atoms with Crippen LogP contribution in [0.25, 0.3) is 0 Å². The first kappa shape index (κ1) is 12.3. The summed E-state index contributed by atoms with van der Waals surface area (Å²) in [6.07, 6.45) is 1.60. The lowest BCUT2D eigenvalue weighted by atomic mass is 10.1. The van der Waals surface area contributed by atoms with Crippen molar-refractivity contribution in [1.29, 1.82) is 0 Å². The maximum absolute atomic E-state index is 13.6. The van der Waals surface area contributed by atoms with Crippen molar-refractivity contribution in [3.63, 3.8) is 0 Å². The van der Waals surface area contributed by atoms with Gasteiger partial charge in [-0.3, -0.25) is 0 Å². The number of aromatic hydroxyl groups is 1. The van der Waals surface area contributed by atoms with Crippen LogP contribution in [0.5, 0.6) is 5.75 Å². The van der Waals surface area contributed by atoms with E-state index in [1.54, 1.807) is 24.3 Å². The topological polar surface area (TPSA) is 32.3 Å². The summed E-state index contributed by atoms with van der Waals surface area (Å²) < 4.78 is 13.6. The number of nitrogens with one attached hydrogen (secondary N) is 1. The number of fused-ring (bicyclic) bond motifs is 1. The number of hydrogen-bond acceptors (Lipinski definition) is 2. The fraction of sp³-hybridized carbons (Fsp3) is 0.200. The van der Waals surface area contributed by atoms with Crippen molar-refractivity contribution < 1.29 is 9.50 Å². The summed E-state index contributed by atoms with van der Waals surface area (Å²) in [7, 11) is 0. The van der Waals surface area contributed by atoms with E-state index in [4.69, 9.17) is 11.6 Å². The minimum Gasteiger partial charge on any atom is -0.506 e. The first-order valence-corrected chi connectivity index (χ1v) is 6.55. The van der Waals surface area contributed by atoms with Gasteiger partial charge in [-0.15, -0.1) is 0 Å². The van der Waals surface area contributed by atoms with Gasteiger partial charge in [-0.1, -0.05) is 23.7 Å². The Morgan fingerprint density at radius 1 is 1.26 bits per heavy atom. The predicted octanol–water partition coefficient (Wildman–Crippen LogP) is 4.28. The molecule has 2 aromatic carbocycles. The molecule has 1 aliphatic rings. The largest absolute Gasteiger partial charge is 0.506 e. The third-order valence-corrected chi connectivity index (χ3v) is 3.80. The minimum absolute atomic E-state index is 0.0603. The molecule has 0 heterocycles. The lowest BCUT2D eigenvalue weighted by Gasteiger charge is -2.16. The number of phenols is 1. The normalized spacial score (nSPS) is 17.3. The van der Waals surface area contributed by atoms with Crippen molar-refractivity contribution in [1.82, 2.24) is 0 Å². The van der Waals surface area contributed by atoms with Gasteiger partial charge in [0, 0.05) is 5.69 Å². The van der Waals surface area contributed by atoms with Gasteiger partial charge in [0.1, 0.15) is 11.6 Å². The molecule has 1 atom stereocenters. The molecule has 0 spiro atoms. The van der Waals surface area contributed by atoms with Crippen LogP contribution in [0.15, 0.2) is 36.4 Å². The van der Waals surface area contributed by atoms with Crippen molar-refractivity contribution in [3.05, 3.63) is 58.4 Å². The first-order valence-electron chi connectivity index (χ1n) is 6.17. The molecule has 2 nitrogen and oxygen atoms in total. The van der Waals surface area contributed by atoms with Gasteiger partial charge >= 0.3 is 0 Å². The van der Waals surface area contributed by atoms with E-state index in [1.165, 1.54) is 6.07 Å². The molecule has 0 fully saturated rings. The van der Waals surface area contributed by atoms with Gasteiger partial charge in [0.15, 0.2) is 0 Å². The van der Waals surface area contributed by atoms with Crippen LogP contribution in [-0.4, -0.2) is 5.11 Å². The van der Waals surface area contributed by atoms with Gasteiger partial charge in [0.2, 0.25) is 0 Å². The van der Waals surface area contributed by atoms with Crippen molar-refractivity contribution in [3.8, 4) is 5.75 Å². The molecule has 0 radical (unpaired) electrons. The van der Waals surface area contributed by atoms with Gasteiger partial charge in [-0.25, -0.2) is 4.39 Å². The zero-order chi connectivity index (χ0) is 13.4. The third kappa shape index (κ3) is 2.26. The maximum Gasteiger partial charge on any atom is 0.134 e. The summed E-state index contributed by atoms with van der Waals surface area (Å²) in [5, 5.41) is 13.0. The second kappa shape index (κ2) is 4.74. The Labute approximate surface area is 115 Å². The molecular formula is C15H13ClFNO. The van der Waals surface area contributed by atoms with Crippen LogP contribution < -0.4 is 5.32 Å². The quantitative estimate of drug-likeness (QED) is 0.803. The van der Waals surface area contributed by atoms with Crippen molar-refractivity contribution in [2.75, 3.05) is 5.32 Å². The molecular weight excluding hydrogens is 265 g/mol. The van der Waals surface area contributed by atoms with Crippen LogP contribution in [-0.2, 0) is 6.42 Å². The first-order chi connectivity index (χ1) is 9.15. The number of halogens is 2. The number of anilines is 1. The van der Waals surface area contributed by atoms with Gasteiger partial charge in [-0.05, 0) is 48.2 Å². The van der Waals surface area contributed by atoms with E-state index < -0.39 is 0 Å². The molecule has 0 saturated carbocycles. The maximum atomic E-state index is 13.6. The molecule has 0 saturated heterocycles.